The third kappa shape index (κ3) is 4.52. The van der Waals surface area contributed by atoms with Crippen molar-refractivity contribution >= 4 is 31.2 Å². The number of thiophene rings is 1. The van der Waals surface area contributed by atoms with Gasteiger partial charge in [-0.2, -0.15) is 0 Å². The minimum absolute atomic E-state index is 0.116. The van der Waals surface area contributed by atoms with E-state index < -0.39 is 25.1 Å². The van der Waals surface area contributed by atoms with Gasteiger partial charge in [0.1, 0.15) is 9.46 Å². The van der Waals surface area contributed by atoms with Crippen molar-refractivity contribution < 1.29 is 16.8 Å². The maximum absolute atomic E-state index is 13.1. The van der Waals surface area contributed by atoms with Crippen LogP contribution in [0.15, 0.2) is 81.2 Å². The molecule has 1 heterocycles. The molecule has 0 fully saturated rings. The summed E-state index contributed by atoms with van der Waals surface area (Å²) in [5, 5.41) is 0.672. The van der Waals surface area contributed by atoms with Gasteiger partial charge in [0, 0.05) is 6.54 Å². The van der Waals surface area contributed by atoms with Crippen LogP contribution in [0.2, 0.25) is 0 Å². The lowest BCUT2D eigenvalue weighted by Crippen LogP contribution is -2.31. The molecule has 1 aromatic heterocycles. The third-order valence-corrected chi connectivity index (χ3v) is 9.39. The zero-order valence-corrected chi connectivity index (χ0v) is 17.7. The molecule has 0 saturated heterocycles. The predicted octanol–water partition coefficient (Wildman–Crippen LogP) is 3.80. The minimum atomic E-state index is -3.83. The number of nitrogens with one attached hydrogen (secondary N) is 1. The average Bonchev–Trinajstić information content (AvgIpc) is 3.24. The van der Waals surface area contributed by atoms with Crippen molar-refractivity contribution in [2.24, 2.45) is 0 Å². The topological polar surface area (TPSA) is 80.3 Å². The molecule has 28 heavy (non-hydrogen) atoms. The van der Waals surface area contributed by atoms with E-state index in [2.05, 4.69) is 4.72 Å². The van der Waals surface area contributed by atoms with Gasteiger partial charge in [-0.3, -0.25) is 0 Å². The molecule has 0 saturated carbocycles. The summed E-state index contributed by atoms with van der Waals surface area (Å²) >= 11 is 1.12. The molecule has 148 valence electrons. The van der Waals surface area contributed by atoms with Crippen LogP contribution in [0, 0.1) is 0 Å². The molecule has 0 aliphatic carbocycles. The van der Waals surface area contributed by atoms with Crippen LogP contribution in [0.3, 0.4) is 0 Å². The van der Waals surface area contributed by atoms with Crippen LogP contribution in [0.1, 0.15) is 23.3 Å². The number of rotatable bonds is 8. The van der Waals surface area contributed by atoms with Crippen LogP contribution < -0.4 is 4.72 Å². The Morgan fingerprint density at radius 2 is 1.57 bits per heavy atom. The highest BCUT2D eigenvalue weighted by molar-refractivity contribution is 7.93. The molecule has 3 rings (SSSR count). The maximum Gasteiger partial charge on any atom is 0.240 e. The Morgan fingerprint density at radius 3 is 2.14 bits per heavy atom. The molecular weight excluding hydrogens is 414 g/mol. The molecule has 0 aliphatic heterocycles. The molecule has 3 aromatic rings. The van der Waals surface area contributed by atoms with E-state index in [1.165, 1.54) is 18.2 Å². The first kappa shape index (κ1) is 20.7. The lowest BCUT2D eigenvalue weighted by atomic mass is 10.1. The molecule has 0 aliphatic rings. The normalized spacial score (nSPS) is 13.3. The average molecular weight is 436 g/mol. The summed E-state index contributed by atoms with van der Waals surface area (Å²) in [6.45, 7) is 1.74. The standard InChI is InChI=1S/C20H21NO4S3/c1-2-16-10-12-18(13-11-16)28(24,25)21-15-19(17-7-4-3-5-8-17)27(22,23)20-9-6-14-26-20/h3-14,19,21H,2,15H2,1H3/t19-/m1/s1. The first-order chi connectivity index (χ1) is 13.3. The highest BCUT2D eigenvalue weighted by Gasteiger charge is 2.31. The Kier molecular flexibility index (Phi) is 6.34. The van der Waals surface area contributed by atoms with E-state index >= 15 is 0 Å². The van der Waals surface area contributed by atoms with E-state index in [0.717, 1.165) is 23.3 Å². The summed E-state index contributed by atoms with van der Waals surface area (Å²) in [5.41, 5.74) is 1.57. The molecule has 8 heteroatoms. The summed E-state index contributed by atoms with van der Waals surface area (Å²) < 4.78 is 54.3. The zero-order valence-electron chi connectivity index (χ0n) is 15.3. The Balaban J connectivity index is 1.90. The van der Waals surface area contributed by atoms with Gasteiger partial charge >= 0.3 is 0 Å². The Hall–Kier alpha value is -2.00. The molecule has 0 unspecified atom stereocenters. The second-order valence-corrected chi connectivity index (χ2v) is 11.3. The second-order valence-electron chi connectivity index (χ2n) is 6.23. The van der Waals surface area contributed by atoms with Gasteiger partial charge in [0.25, 0.3) is 0 Å². The SMILES string of the molecule is CCc1ccc(S(=O)(=O)NC[C@H](c2ccccc2)S(=O)(=O)c2cccs2)cc1. The first-order valence-electron chi connectivity index (χ1n) is 8.75. The predicted molar refractivity (Wildman–Crippen MR) is 112 cm³/mol. The van der Waals surface area contributed by atoms with Gasteiger partial charge in [-0.15, -0.1) is 11.3 Å². The molecule has 5 nitrogen and oxygen atoms in total. The van der Waals surface area contributed by atoms with Gasteiger partial charge < -0.3 is 0 Å². The first-order valence-corrected chi connectivity index (χ1v) is 12.7. The fourth-order valence-electron chi connectivity index (χ4n) is 2.81. The maximum atomic E-state index is 13.1. The van der Waals surface area contributed by atoms with E-state index in [-0.39, 0.29) is 15.6 Å². The van der Waals surface area contributed by atoms with Crippen LogP contribution in [0.4, 0.5) is 0 Å². The lowest BCUT2D eigenvalue weighted by molar-refractivity contribution is 0.570. The van der Waals surface area contributed by atoms with Crippen LogP contribution in [-0.4, -0.2) is 23.4 Å². The summed E-state index contributed by atoms with van der Waals surface area (Å²) in [6.07, 6.45) is 0.808. The number of hydrogen-bond acceptors (Lipinski definition) is 5. The van der Waals surface area contributed by atoms with E-state index in [9.17, 15) is 16.8 Å². The summed E-state index contributed by atoms with van der Waals surface area (Å²) in [4.78, 5) is 0.116. The van der Waals surface area contributed by atoms with Crippen molar-refractivity contribution in [1.82, 2.24) is 4.72 Å². The van der Waals surface area contributed by atoms with Crippen molar-refractivity contribution in [2.75, 3.05) is 6.54 Å². The number of sulfone groups is 1. The van der Waals surface area contributed by atoms with Crippen molar-refractivity contribution in [3.05, 3.63) is 83.2 Å². The molecule has 0 radical (unpaired) electrons. The molecule has 2 aromatic carbocycles. The Morgan fingerprint density at radius 1 is 0.893 bits per heavy atom. The second kappa shape index (κ2) is 8.57. The van der Waals surface area contributed by atoms with Gasteiger partial charge in [-0.05, 0) is 41.1 Å². The van der Waals surface area contributed by atoms with Crippen LogP contribution in [0.25, 0.3) is 0 Å². The summed E-state index contributed by atoms with van der Waals surface area (Å²) in [5.74, 6) is 0. The highest BCUT2D eigenvalue weighted by Crippen LogP contribution is 2.31. The summed E-state index contributed by atoms with van der Waals surface area (Å²) in [6, 6.07) is 18.4. The fraction of sp³-hybridized carbons (Fsp3) is 0.200. The lowest BCUT2D eigenvalue weighted by Gasteiger charge is -2.18. The quantitative estimate of drug-likeness (QED) is 0.584. The van der Waals surface area contributed by atoms with E-state index in [0.29, 0.717) is 5.56 Å². The Bertz CT molecular complexity index is 1110. The van der Waals surface area contributed by atoms with Crippen LogP contribution in [-0.2, 0) is 26.3 Å². The van der Waals surface area contributed by atoms with Gasteiger partial charge in [-0.25, -0.2) is 21.6 Å². The molecule has 0 amide bonds. The zero-order chi connectivity index (χ0) is 20.2. The monoisotopic (exact) mass is 435 g/mol. The van der Waals surface area contributed by atoms with Crippen LogP contribution >= 0.6 is 11.3 Å². The third-order valence-electron chi connectivity index (χ3n) is 4.42. The van der Waals surface area contributed by atoms with Crippen molar-refractivity contribution in [3.63, 3.8) is 0 Å². The van der Waals surface area contributed by atoms with Gasteiger partial charge in [0.15, 0.2) is 9.84 Å². The van der Waals surface area contributed by atoms with E-state index in [4.69, 9.17) is 0 Å². The van der Waals surface area contributed by atoms with Crippen molar-refractivity contribution in [2.45, 2.75) is 27.7 Å². The van der Waals surface area contributed by atoms with Gasteiger partial charge in [0.2, 0.25) is 10.0 Å². The van der Waals surface area contributed by atoms with Crippen molar-refractivity contribution in [3.8, 4) is 0 Å². The molecule has 1 atom stereocenters. The highest BCUT2D eigenvalue weighted by atomic mass is 32.2. The van der Waals surface area contributed by atoms with Gasteiger partial charge in [0.05, 0.1) is 4.90 Å². The molecule has 1 N–H and O–H groups in total. The van der Waals surface area contributed by atoms with E-state index in [1.54, 1.807) is 53.9 Å². The molecule has 0 bridgehead atoms. The van der Waals surface area contributed by atoms with Crippen LogP contribution in [0.5, 0.6) is 0 Å². The van der Waals surface area contributed by atoms with Crippen molar-refractivity contribution in [1.29, 1.82) is 0 Å². The number of hydrogen-bond donors (Lipinski definition) is 1. The molecular formula is C20H21NO4S3. The number of benzene rings is 2. The Labute approximate surface area is 170 Å². The van der Waals surface area contributed by atoms with E-state index in [1.807, 2.05) is 6.92 Å². The number of aryl methyl sites for hydroxylation is 1. The minimum Gasteiger partial charge on any atom is -0.222 e. The largest absolute Gasteiger partial charge is 0.240 e. The summed E-state index contributed by atoms with van der Waals surface area (Å²) in [7, 11) is -7.56. The fourth-order valence-corrected chi connectivity index (χ4v) is 6.83. The smallest absolute Gasteiger partial charge is 0.222 e. The van der Waals surface area contributed by atoms with Gasteiger partial charge in [-0.1, -0.05) is 55.5 Å². The number of sulfonamides is 1. The molecule has 0 spiro atoms.